The van der Waals surface area contributed by atoms with Crippen LogP contribution in [0.4, 0.5) is 0 Å². The van der Waals surface area contributed by atoms with Gasteiger partial charge in [0.15, 0.2) is 11.5 Å². The lowest BCUT2D eigenvalue weighted by atomic mass is 10.1. The zero-order chi connectivity index (χ0) is 21.8. The molecule has 2 fully saturated rings. The van der Waals surface area contributed by atoms with E-state index < -0.39 is 6.10 Å². The Kier molecular flexibility index (Phi) is 7.12. The number of likely N-dealkylation sites (tertiary alicyclic amines) is 1. The van der Waals surface area contributed by atoms with Crippen molar-refractivity contribution >= 4 is 0 Å². The Morgan fingerprint density at radius 2 is 1.90 bits per heavy atom. The van der Waals surface area contributed by atoms with E-state index in [2.05, 4.69) is 38.6 Å². The molecule has 2 aliphatic heterocycles. The fourth-order valence-electron chi connectivity index (χ4n) is 4.35. The highest BCUT2D eigenvalue weighted by molar-refractivity contribution is 5.43. The predicted molar refractivity (Wildman–Crippen MR) is 118 cm³/mol. The van der Waals surface area contributed by atoms with Gasteiger partial charge in [0.2, 0.25) is 0 Å². The molecule has 2 aromatic rings. The molecular formula is C23H34N4O4. The number of hydrogen-bond donors (Lipinski definition) is 1. The minimum Gasteiger partial charge on any atom is -0.493 e. The van der Waals surface area contributed by atoms with Gasteiger partial charge < -0.3 is 19.3 Å². The number of hydrogen-bond acceptors (Lipinski definition) is 7. The highest BCUT2D eigenvalue weighted by Gasteiger charge is 2.31. The summed E-state index contributed by atoms with van der Waals surface area (Å²) in [6, 6.07) is 8.51. The Bertz CT molecular complexity index is 859. The first kappa shape index (κ1) is 22.1. The molecular weight excluding hydrogens is 396 g/mol. The van der Waals surface area contributed by atoms with E-state index in [9.17, 15) is 5.11 Å². The molecule has 2 aliphatic rings. The van der Waals surface area contributed by atoms with Gasteiger partial charge in [-0.1, -0.05) is 6.07 Å². The van der Waals surface area contributed by atoms with Gasteiger partial charge in [-0.2, -0.15) is 5.10 Å². The van der Waals surface area contributed by atoms with Crippen LogP contribution in [-0.4, -0.2) is 90.4 Å². The number of morpholine rings is 1. The molecule has 0 bridgehead atoms. The third kappa shape index (κ3) is 5.57. The number of β-amino-alcohol motifs (C(OH)–C–C–N with tert-alkyl or cyclic N) is 1. The van der Waals surface area contributed by atoms with Gasteiger partial charge in [-0.3, -0.25) is 14.5 Å². The number of aliphatic hydroxyl groups is 1. The van der Waals surface area contributed by atoms with Crippen LogP contribution in [0.5, 0.6) is 11.5 Å². The Hall–Kier alpha value is -2.13. The fraction of sp³-hybridized carbons (Fsp3) is 0.609. The zero-order valence-corrected chi connectivity index (χ0v) is 18.8. The topological polar surface area (TPSA) is 72.2 Å². The predicted octanol–water partition coefficient (Wildman–Crippen LogP) is 1.64. The van der Waals surface area contributed by atoms with Gasteiger partial charge in [-0.05, 0) is 37.6 Å². The maximum Gasteiger partial charge on any atom is 0.161 e. The van der Waals surface area contributed by atoms with Crippen molar-refractivity contribution in [2.75, 3.05) is 59.7 Å². The number of aryl methyl sites for hydroxylation is 2. The third-order valence-corrected chi connectivity index (χ3v) is 5.97. The highest BCUT2D eigenvalue weighted by atomic mass is 16.5. The summed E-state index contributed by atoms with van der Waals surface area (Å²) in [7, 11) is 1.65. The molecule has 2 saturated heterocycles. The average molecular weight is 431 g/mol. The summed E-state index contributed by atoms with van der Waals surface area (Å²) in [5, 5.41) is 15.0. The summed E-state index contributed by atoms with van der Waals surface area (Å²) >= 11 is 0. The first-order valence-corrected chi connectivity index (χ1v) is 11.0. The summed E-state index contributed by atoms with van der Waals surface area (Å²) in [4.78, 5) is 4.60. The monoisotopic (exact) mass is 430 g/mol. The normalized spacial score (nSPS) is 19.2. The number of benzene rings is 1. The molecule has 1 N–H and O–H groups in total. The molecule has 4 rings (SSSR count). The molecule has 0 saturated carbocycles. The summed E-state index contributed by atoms with van der Waals surface area (Å²) in [6.07, 6.45) is -0.556. The molecule has 1 aromatic carbocycles. The van der Waals surface area contributed by atoms with Gasteiger partial charge in [0.25, 0.3) is 0 Å². The van der Waals surface area contributed by atoms with Crippen molar-refractivity contribution in [3.63, 3.8) is 0 Å². The summed E-state index contributed by atoms with van der Waals surface area (Å²) < 4.78 is 18.9. The minimum atomic E-state index is -0.556. The van der Waals surface area contributed by atoms with Crippen LogP contribution < -0.4 is 9.47 Å². The summed E-state index contributed by atoms with van der Waals surface area (Å²) in [5.41, 5.74) is 3.42. The van der Waals surface area contributed by atoms with Crippen LogP contribution >= 0.6 is 0 Å². The van der Waals surface area contributed by atoms with E-state index in [-0.39, 0.29) is 6.61 Å². The van der Waals surface area contributed by atoms with Crippen molar-refractivity contribution in [3.05, 3.63) is 41.2 Å². The minimum absolute atomic E-state index is 0.236. The Labute approximate surface area is 184 Å². The van der Waals surface area contributed by atoms with Crippen LogP contribution in [-0.2, 0) is 11.3 Å². The lowest BCUT2D eigenvalue weighted by Crippen LogP contribution is -2.51. The Morgan fingerprint density at radius 1 is 1.13 bits per heavy atom. The van der Waals surface area contributed by atoms with E-state index >= 15 is 0 Å². The number of aromatic nitrogens is 2. The SMILES string of the molecule is COc1cc(CN2CCOCC2)ccc1OCC(O)CN1CC(n2nc(C)cc2C)C1. The average Bonchev–Trinajstić information content (AvgIpc) is 3.07. The van der Waals surface area contributed by atoms with Gasteiger partial charge in [0.05, 0.1) is 32.1 Å². The van der Waals surface area contributed by atoms with Gasteiger partial charge in [-0.25, -0.2) is 0 Å². The number of methoxy groups -OCH3 is 1. The van der Waals surface area contributed by atoms with E-state index in [4.69, 9.17) is 14.2 Å². The molecule has 1 unspecified atom stereocenters. The molecule has 3 heterocycles. The van der Waals surface area contributed by atoms with E-state index in [1.807, 2.05) is 19.1 Å². The second-order valence-corrected chi connectivity index (χ2v) is 8.58. The van der Waals surface area contributed by atoms with Crippen molar-refractivity contribution < 1.29 is 19.3 Å². The molecule has 0 amide bonds. The summed E-state index contributed by atoms with van der Waals surface area (Å²) in [5.74, 6) is 1.36. The maximum atomic E-state index is 10.4. The Morgan fingerprint density at radius 3 is 2.58 bits per heavy atom. The largest absolute Gasteiger partial charge is 0.493 e. The van der Waals surface area contributed by atoms with E-state index in [1.54, 1.807) is 7.11 Å². The number of rotatable bonds is 9. The maximum absolute atomic E-state index is 10.4. The van der Waals surface area contributed by atoms with E-state index in [1.165, 1.54) is 11.3 Å². The number of aliphatic hydroxyl groups excluding tert-OH is 1. The molecule has 1 aromatic heterocycles. The lowest BCUT2D eigenvalue weighted by molar-refractivity contribution is 0.0195. The third-order valence-electron chi connectivity index (χ3n) is 5.97. The Balaban J connectivity index is 1.23. The molecule has 8 nitrogen and oxygen atoms in total. The molecule has 0 aliphatic carbocycles. The molecule has 170 valence electrons. The van der Waals surface area contributed by atoms with Crippen molar-refractivity contribution in [2.45, 2.75) is 32.5 Å². The zero-order valence-electron chi connectivity index (χ0n) is 18.8. The van der Waals surface area contributed by atoms with Crippen molar-refractivity contribution in [1.82, 2.24) is 19.6 Å². The lowest BCUT2D eigenvalue weighted by Gasteiger charge is -2.40. The first-order valence-electron chi connectivity index (χ1n) is 11.0. The van der Waals surface area contributed by atoms with Crippen LogP contribution in [0.2, 0.25) is 0 Å². The smallest absolute Gasteiger partial charge is 0.161 e. The van der Waals surface area contributed by atoms with Crippen LogP contribution in [0.1, 0.15) is 23.0 Å². The van der Waals surface area contributed by atoms with Crippen molar-refractivity contribution in [3.8, 4) is 11.5 Å². The molecule has 1 atom stereocenters. The van der Waals surface area contributed by atoms with Crippen LogP contribution in [0, 0.1) is 13.8 Å². The van der Waals surface area contributed by atoms with E-state index in [0.717, 1.165) is 51.6 Å². The first-order chi connectivity index (χ1) is 15.0. The van der Waals surface area contributed by atoms with Gasteiger partial charge in [0.1, 0.15) is 12.7 Å². The van der Waals surface area contributed by atoms with Gasteiger partial charge in [0, 0.05) is 45.0 Å². The van der Waals surface area contributed by atoms with Gasteiger partial charge in [-0.15, -0.1) is 0 Å². The molecule has 0 spiro atoms. The fourth-order valence-corrected chi connectivity index (χ4v) is 4.35. The quantitative estimate of drug-likeness (QED) is 0.648. The van der Waals surface area contributed by atoms with Crippen molar-refractivity contribution in [1.29, 1.82) is 0 Å². The van der Waals surface area contributed by atoms with E-state index in [0.29, 0.717) is 24.1 Å². The van der Waals surface area contributed by atoms with Crippen molar-refractivity contribution in [2.24, 2.45) is 0 Å². The second-order valence-electron chi connectivity index (χ2n) is 8.58. The molecule has 0 radical (unpaired) electrons. The molecule has 31 heavy (non-hydrogen) atoms. The summed E-state index contributed by atoms with van der Waals surface area (Å²) in [6.45, 7) is 11.1. The van der Waals surface area contributed by atoms with Crippen LogP contribution in [0.15, 0.2) is 24.3 Å². The second kappa shape index (κ2) is 9.99. The van der Waals surface area contributed by atoms with Crippen LogP contribution in [0.3, 0.4) is 0 Å². The molecule has 8 heteroatoms. The number of ether oxygens (including phenoxy) is 3. The standard InChI is InChI=1S/C23H34N4O4/c1-17-10-18(2)27(24-17)20-13-26(14-20)15-21(28)16-31-22-5-4-19(11-23(22)29-3)12-25-6-8-30-9-7-25/h4-5,10-11,20-21,28H,6-9,12-16H2,1-3H3. The van der Waals surface area contributed by atoms with Gasteiger partial charge >= 0.3 is 0 Å². The highest BCUT2D eigenvalue weighted by Crippen LogP contribution is 2.29. The number of nitrogens with zero attached hydrogens (tertiary/aromatic N) is 4. The van der Waals surface area contributed by atoms with Crippen LogP contribution in [0.25, 0.3) is 0 Å².